The third-order valence-corrected chi connectivity index (χ3v) is 7.74. The predicted molar refractivity (Wildman–Crippen MR) is 150 cm³/mol. The van der Waals surface area contributed by atoms with Gasteiger partial charge in [-0.05, 0) is 66.1 Å². The number of likely N-dealkylation sites (N-methyl/N-ethyl adjacent to an activating group) is 1. The SMILES string of the molecule is COCc1cc(F)c(-c2ccc3cnc(Nc4cnccc4C4CC(C)C(N(C)C(=O)OC)C(N)C4)n3n2)c(F)c1. The maximum Gasteiger partial charge on any atom is 0.409 e. The number of carbonyl (C=O) groups excluding carboxylic acids is 1. The lowest BCUT2D eigenvalue weighted by atomic mass is 9.73. The minimum absolute atomic E-state index is 0.0938. The minimum Gasteiger partial charge on any atom is -0.453 e. The van der Waals surface area contributed by atoms with Crippen LogP contribution in [0, 0.1) is 17.6 Å². The molecule has 1 aliphatic rings. The van der Waals surface area contributed by atoms with Crippen molar-refractivity contribution in [3.05, 3.63) is 71.7 Å². The molecule has 1 saturated carbocycles. The standard InChI is InChI=1S/C29H33F2N7O3/c1-16-9-18(12-23(32)27(16)37(2)29(39)41-4)20-7-8-33-14-25(20)35-28-34-13-19-5-6-24(36-38(19)28)26-21(30)10-17(15-40-3)11-22(26)31/h5-8,10-11,13-14,16,18,23,27H,9,12,15,32H2,1-4H3,(H,34,35). The van der Waals surface area contributed by atoms with Crippen LogP contribution in [-0.2, 0) is 16.1 Å². The van der Waals surface area contributed by atoms with Gasteiger partial charge in [-0.25, -0.2) is 18.6 Å². The van der Waals surface area contributed by atoms with E-state index in [0.717, 1.165) is 17.7 Å². The minimum atomic E-state index is -0.730. The summed E-state index contributed by atoms with van der Waals surface area (Å²) in [4.78, 5) is 22.5. The van der Waals surface area contributed by atoms with Gasteiger partial charge in [0.05, 0.1) is 54.6 Å². The molecule has 1 fully saturated rings. The summed E-state index contributed by atoms with van der Waals surface area (Å²) in [5.74, 6) is -0.884. The van der Waals surface area contributed by atoms with Crippen LogP contribution in [-0.4, -0.2) is 63.9 Å². The third-order valence-electron chi connectivity index (χ3n) is 7.74. The number of aromatic nitrogens is 4. The van der Waals surface area contributed by atoms with Crippen LogP contribution in [0.1, 0.15) is 36.8 Å². The number of pyridine rings is 1. The van der Waals surface area contributed by atoms with Crippen LogP contribution >= 0.6 is 0 Å². The number of halogens is 2. The van der Waals surface area contributed by atoms with Gasteiger partial charge in [0.25, 0.3) is 0 Å². The van der Waals surface area contributed by atoms with E-state index in [4.69, 9.17) is 15.2 Å². The number of carbonyl (C=O) groups is 1. The van der Waals surface area contributed by atoms with E-state index in [-0.39, 0.29) is 41.8 Å². The van der Waals surface area contributed by atoms with Gasteiger partial charge in [0.1, 0.15) is 11.6 Å². The second kappa shape index (κ2) is 11.8. The molecule has 3 aromatic heterocycles. The molecule has 3 heterocycles. The fourth-order valence-electron chi connectivity index (χ4n) is 5.97. The highest BCUT2D eigenvalue weighted by molar-refractivity contribution is 5.68. The molecule has 0 aliphatic heterocycles. The Labute approximate surface area is 236 Å². The number of fused-ring (bicyclic) bond motifs is 1. The first-order valence-corrected chi connectivity index (χ1v) is 13.3. The molecule has 0 bridgehead atoms. The fraction of sp³-hybridized carbons (Fsp3) is 0.379. The molecule has 4 aromatic rings. The van der Waals surface area contributed by atoms with Crippen LogP contribution in [0.4, 0.5) is 25.2 Å². The Morgan fingerprint density at radius 3 is 2.61 bits per heavy atom. The lowest BCUT2D eigenvalue weighted by molar-refractivity contribution is 0.0778. The molecule has 4 atom stereocenters. The maximum atomic E-state index is 14.9. The Morgan fingerprint density at radius 1 is 1.17 bits per heavy atom. The monoisotopic (exact) mass is 565 g/mol. The van der Waals surface area contributed by atoms with E-state index in [1.807, 2.05) is 6.07 Å². The Kier molecular flexibility index (Phi) is 8.13. The summed E-state index contributed by atoms with van der Waals surface area (Å²) in [5, 5.41) is 7.82. The van der Waals surface area contributed by atoms with E-state index in [2.05, 4.69) is 27.3 Å². The number of benzene rings is 1. The van der Waals surface area contributed by atoms with Crippen molar-refractivity contribution in [2.75, 3.05) is 26.6 Å². The van der Waals surface area contributed by atoms with Crippen LogP contribution in [0.15, 0.2) is 48.9 Å². The van der Waals surface area contributed by atoms with Crippen molar-refractivity contribution in [2.45, 2.75) is 44.4 Å². The van der Waals surface area contributed by atoms with Gasteiger partial charge >= 0.3 is 6.09 Å². The van der Waals surface area contributed by atoms with Gasteiger partial charge in [-0.2, -0.15) is 9.61 Å². The molecular weight excluding hydrogens is 532 g/mol. The van der Waals surface area contributed by atoms with Crippen molar-refractivity contribution in [3.8, 4) is 11.3 Å². The number of hydrogen-bond donors (Lipinski definition) is 2. The smallest absolute Gasteiger partial charge is 0.409 e. The second-order valence-electron chi connectivity index (χ2n) is 10.5. The third kappa shape index (κ3) is 5.57. The van der Waals surface area contributed by atoms with Crippen LogP contribution in [0.5, 0.6) is 0 Å². The van der Waals surface area contributed by atoms with E-state index in [9.17, 15) is 13.6 Å². The first-order chi connectivity index (χ1) is 19.7. The number of methoxy groups -OCH3 is 2. The van der Waals surface area contributed by atoms with Crippen LogP contribution in [0.3, 0.4) is 0 Å². The zero-order valence-electron chi connectivity index (χ0n) is 23.3. The second-order valence-corrected chi connectivity index (χ2v) is 10.5. The summed E-state index contributed by atoms with van der Waals surface area (Å²) >= 11 is 0. The number of rotatable bonds is 7. The topological polar surface area (TPSA) is 120 Å². The van der Waals surface area contributed by atoms with Crippen LogP contribution in [0.2, 0.25) is 0 Å². The summed E-state index contributed by atoms with van der Waals surface area (Å²) in [6.07, 6.45) is 6.08. The molecule has 10 nitrogen and oxygen atoms in total. The van der Waals surface area contributed by atoms with Crippen LogP contribution in [0.25, 0.3) is 16.8 Å². The number of nitrogens with one attached hydrogen (secondary N) is 1. The Bertz CT molecular complexity index is 1530. The zero-order chi connectivity index (χ0) is 29.3. The molecule has 1 amide bonds. The quantitative estimate of drug-likeness (QED) is 0.326. The molecule has 216 valence electrons. The molecule has 3 N–H and O–H groups in total. The van der Waals surface area contributed by atoms with Gasteiger partial charge in [-0.15, -0.1) is 0 Å². The predicted octanol–water partition coefficient (Wildman–Crippen LogP) is 4.87. The largest absolute Gasteiger partial charge is 0.453 e. The fourth-order valence-corrected chi connectivity index (χ4v) is 5.97. The van der Waals surface area contributed by atoms with Crippen LogP contribution < -0.4 is 11.1 Å². The van der Waals surface area contributed by atoms with Crippen molar-refractivity contribution in [1.29, 1.82) is 0 Å². The first kappa shape index (κ1) is 28.4. The number of ether oxygens (including phenoxy) is 2. The molecule has 0 spiro atoms. The van der Waals surface area contributed by atoms with Gasteiger partial charge in [0, 0.05) is 26.4 Å². The average molecular weight is 566 g/mol. The van der Waals surface area contributed by atoms with E-state index >= 15 is 0 Å². The number of hydrogen-bond acceptors (Lipinski definition) is 8. The highest BCUT2D eigenvalue weighted by Crippen LogP contribution is 2.40. The normalized spacial score (nSPS) is 20.7. The lowest BCUT2D eigenvalue weighted by Crippen LogP contribution is -2.55. The van der Waals surface area contributed by atoms with E-state index in [0.29, 0.717) is 23.4 Å². The number of amides is 1. The molecule has 5 rings (SSSR count). The van der Waals surface area contributed by atoms with Gasteiger partial charge in [-0.1, -0.05) is 6.92 Å². The number of anilines is 2. The summed E-state index contributed by atoms with van der Waals surface area (Å²) in [6, 6.07) is 7.27. The molecule has 0 saturated heterocycles. The van der Waals surface area contributed by atoms with Gasteiger partial charge in [0.2, 0.25) is 5.95 Å². The van der Waals surface area contributed by atoms with Gasteiger partial charge in [0.15, 0.2) is 0 Å². The van der Waals surface area contributed by atoms with Crippen molar-refractivity contribution in [1.82, 2.24) is 24.5 Å². The first-order valence-electron chi connectivity index (χ1n) is 13.3. The Morgan fingerprint density at radius 2 is 1.93 bits per heavy atom. The Hall–Kier alpha value is -4.16. The average Bonchev–Trinajstić information content (AvgIpc) is 3.34. The number of nitrogens with two attached hydrogens (primary N) is 1. The molecule has 1 aromatic carbocycles. The van der Waals surface area contributed by atoms with Crippen molar-refractivity contribution in [2.24, 2.45) is 11.7 Å². The highest BCUT2D eigenvalue weighted by atomic mass is 19.1. The number of imidazole rings is 1. The molecule has 0 radical (unpaired) electrons. The zero-order valence-corrected chi connectivity index (χ0v) is 23.3. The van der Waals surface area contributed by atoms with E-state index in [1.165, 1.54) is 30.9 Å². The molecule has 1 aliphatic carbocycles. The van der Waals surface area contributed by atoms with Crippen molar-refractivity contribution < 1.29 is 23.0 Å². The van der Waals surface area contributed by atoms with Crippen molar-refractivity contribution >= 4 is 23.2 Å². The number of nitrogens with zero attached hydrogens (tertiary/aromatic N) is 5. The lowest BCUT2D eigenvalue weighted by Gasteiger charge is -2.43. The van der Waals surface area contributed by atoms with E-state index < -0.39 is 17.7 Å². The molecule has 12 heteroatoms. The summed E-state index contributed by atoms with van der Waals surface area (Å²) in [6.45, 7) is 2.18. The van der Waals surface area contributed by atoms with E-state index in [1.54, 1.807) is 42.7 Å². The van der Waals surface area contributed by atoms with Crippen molar-refractivity contribution in [3.63, 3.8) is 0 Å². The van der Waals surface area contributed by atoms with Gasteiger partial charge in [-0.3, -0.25) is 4.98 Å². The van der Waals surface area contributed by atoms with Gasteiger partial charge < -0.3 is 25.4 Å². The maximum absolute atomic E-state index is 14.9. The summed E-state index contributed by atoms with van der Waals surface area (Å²) in [5.41, 5.74) is 9.23. The summed E-state index contributed by atoms with van der Waals surface area (Å²) < 4.78 is 41.3. The highest BCUT2D eigenvalue weighted by Gasteiger charge is 2.39. The molecular formula is C29H33F2N7O3. The summed E-state index contributed by atoms with van der Waals surface area (Å²) in [7, 11) is 4.53. The molecule has 41 heavy (non-hydrogen) atoms. The Balaban J connectivity index is 1.43. The molecule has 4 unspecified atom stereocenters.